The molecule has 0 aliphatic carbocycles. The Morgan fingerprint density at radius 1 is 1.47 bits per heavy atom. The molecule has 1 aromatic carbocycles. The van der Waals surface area contributed by atoms with E-state index in [0.717, 1.165) is 6.42 Å². The van der Waals surface area contributed by atoms with Crippen molar-refractivity contribution in [2.75, 3.05) is 11.9 Å². The van der Waals surface area contributed by atoms with Crippen LogP contribution in [-0.2, 0) is 9.59 Å². The van der Waals surface area contributed by atoms with Crippen molar-refractivity contribution in [1.82, 2.24) is 4.90 Å². The average molecular weight is 285 g/mol. The zero-order valence-electron chi connectivity index (χ0n) is 10.5. The predicted octanol–water partition coefficient (Wildman–Crippen LogP) is 2.43. The zero-order chi connectivity index (χ0) is 14.0. The molecular formula is C13H14ClFN2O2. The molecule has 0 unspecified atom stereocenters. The van der Waals surface area contributed by atoms with Crippen LogP contribution in [0.4, 0.5) is 10.1 Å². The van der Waals surface area contributed by atoms with Gasteiger partial charge in [0.1, 0.15) is 11.9 Å². The van der Waals surface area contributed by atoms with Crippen molar-refractivity contribution < 1.29 is 14.0 Å². The Morgan fingerprint density at radius 2 is 2.21 bits per heavy atom. The first-order valence-corrected chi connectivity index (χ1v) is 6.40. The molecule has 19 heavy (non-hydrogen) atoms. The number of nitrogens with one attached hydrogen (secondary N) is 1. The summed E-state index contributed by atoms with van der Waals surface area (Å²) in [6.07, 6.45) is 1.45. The summed E-state index contributed by atoms with van der Waals surface area (Å²) >= 11 is 5.65. The van der Waals surface area contributed by atoms with Crippen LogP contribution in [0.2, 0.25) is 5.02 Å². The molecule has 1 atom stereocenters. The minimum absolute atomic E-state index is 0.0485. The fourth-order valence-electron chi connectivity index (χ4n) is 2.22. The maximum Gasteiger partial charge on any atom is 0.247 e. The van der Waals surface area contributed by atoms with Crippen LogP contribution in [-0.4, -0.2) is 29.3 Å². The normalized spacial score (nSPS) is 18.5. The molecule has 0 saturated carbocycles. The molecule has 6 heteroatoms. The van der Waals surface area contributed by atoms with Gasteiger partial charge in [0.2, 0.25) is 11.8 Å². The molecule has 2 rings (SSSR count). The number of halogens is 2. The van der Waals surface area contributed by atoms with Crippen LogP contribution in [0.1, 0.15) is 19.8 Å². The lowest BCUT2D eigenvalue weighted by molar-refractivity contribution is -0.134. The standard InChI is InChI=1S/C13H14ClFN2O2/c1-8(18)17-6-2-3-12(17)13(19)16-9-4-5-11(15)10(14)7-9/h4-5,7,12H,2-3,6H2,1H3,(H,16,19)/t12-/m0/s1. The molecular weight excluding hydrogens is 271 g/mol. The van der Waals surface area contributed by atoms with Crippen LogP contribution < -0.4 is 5.32 Å². The fourth-order valence-corrected chi connectivity index (χ4v) is 2.40. The van der Waals surface area contributed by atoms with Crippen molar-refractivity contribution in [3.8, 4) is 0 Å². The SMILES string of the molecule is CC(=O)N1CCC[C@H]1C(=O)Nc1ccc(F)c(Cl)c1. The maximum atomic E-state index is 13.0. The third-order valence-electron chi connectivity index (χ3n) is 3.15. The molecule has 0 spiro atoms. The minimum atomic E-state index is -0.536. The van der Waals surface area contributed by atoms with Gasteiger partial charge in [-0.1, -0.05) is 11.6 Å². The highest BCUT2D eigenvalue weighted by atomic mass is 35.5. The van der Waals surface area contributed by atoms with Crippen molar-refractivity contribution in [3.05, 3.63) is 29.0 Å². The van der Waals surface area contributed by atoms with E-state index >= 15 is 0 Å². The number of hydrogen-bond acceptors (Lipinski definition) is 2. The highest BCUT2D eigenvalue weighted by molar-refractivity contribution is 6.31. The zero-order valence-corrected chi connectivity index (χ0v) is 11.2. The number of rotatable bonds is 2. The highest BCUT2D eigenvalue weighted by Crippen LogP contribution is 2.22. The molecule has 1 saturated heterocycles. The Morgan fingerprint density at radius 3 is 2.84 bits per heavy atom. The molecule has 2 amide bonds. The molecule has 0 radical (unpaired) electrons. The third kappa shape index (κ3) is 3.04. The van der Waals surface area contributed by atoms with E-state index in [-0.39, 0.29) is 16.8 Å². The van der Waals surface area contributed by atoms with Gasteiger partial charge >= 0.3 is 0 Å². The maximum absolute atomic E-state index is 13.0. The summed E-state index contributed by atoms with van der Waals surface area (Å²) in [5.41, 5.74) is 0.423. The smallest absolute Gasteiger partial charge is 0.247 e. The van der Waals surface area contributed by atoms with Gasteiger partial charge in [0.25, 0.3) is 0 Å². The monoisotopic (exact) mass is 284 g/mol. The van der Waals surface area contributed by atoms with Crippen LogP contribution in [0.25, 0.3) is 0 Å². The molecule has 4 nitrogen and oxygen atoms in total. The number of likely N-dealkylation sites (tertiary alicyclic amines) is 1. The fraction of sp³-hybridized carbons (Fsp3) is 0.385. The summed E-state index contributed by atoms with van der Waals surface area (Å²) in [5.74, 6) is -0.920. The molecule has 1 fully saturated rings. The van der Waals surface area contributed by atoms with Crippen molar-refractivity contribution in [2.45, 2.75) is 25.8 Å². The van der Waals surface area contributed by atoms with E-state index in [4.69, 9.17) is 11.6 Å². The Kier molecular flexibility index (Phi) is 4.04. The van der Waals surface area contributed by atoms with Gasteiger partial charge in [-0.3, -0.25) is 9.59 Å². The van der Waals surface area contributed by atoms with E-state index in [0.29, 0.717) is 18.7 Å². The van der Waals surface area contributed by atoms with Crippen LogP contribution in [0.5, 0.6) is 0 Å². The lowest BCUT2D eigenvalue weighted by atomic mass is 10.2. The van der Waals surface area contributed by atoms with Gasteiger partial charge < -0.3 is 10.2 Å². The molecule has 1 aliphatic heterocycles. The summed E-state index contributed by atoms with van der Waals surface area (Å²) in [5, 5.41) is 2.60. The van der Waals surface area contributed by atoms with E-state index in [1.54, 1.807) is 4.90 Å². The molecule has 102 valence electrons. The number of amides is 2. The number of anilines is 1. The molecule has 0 bridgehead atoms. The third-order valence-corrected chi connectivity index (χ3v) is 3.44. The van der Waals surface area contributed by atoms with E-state index in [9.17, 15) is 14.0 Å². The molecule has 1 heterocycles. The summed E-state index contributed by atoms with van der Waals surface area (Å²) in [7, 11) is 0. The van der Waals surface area contributed by atoms with E-state index in [1.807, 2.05) is 0 Å². The lowest BCUT2D eigenvalue weighted by Crippen LogP contribution is -2.42. The Hall–Kier alpha value is -1.62. The van der Waals surface area contributed by atoms with Crippen molar-refractivity contribution in [3.63, 3.8) is 0 Å². The lowest BCUT2D eigenvalue weighted by Gasteiger charge is -2.22. The second-order valence-electron chi connectivity index (χ2n) is 4.49. The van der Waals surface area contributed by atoms with Gasteiger partial charge in [0.15, 0.2) is 0 Å². The van der Waals surface area contributed by atoms with Crippen molar-refractivity contribution in [2.24, 2.45) is 0 Å². The molecule has 1 aromatic rings. The number of nitrogens with zero attached hydrogens (tertiary/aromatic N) is 1. The number of carbonyl (C=O) groups excluding carboxylic acids is 2. The Labute approximate surface area is 115 Å². The summed E-state index contributed by atoms with van der Waals surface area (Å²) in [4.78, 5) is 25.0. The van der Waals surface area contributed by atoms with Crippen LogP contribution in [0.3, 0.4) is 0 Å². The largest absolute Gasteiger partial charge is 0.331 e. The van der Waals surface area contributed by atoms with Gasteiger partial charge in [0.05, 0.1) is 5.02 Å². The topological polar surface area (TPSA) is 49.4 Å². The average Bonchev–Trinajstić information content (AvgIpc) is 2.83. The first kappa shape index (κ1) is 13.8. The number of hydrogen-bond donors (Lipinski definition) is 1. The van der Waals surface area contributed by atoms with Gasteiger partial charge in [-0.15, -0.1) is 0 Å². The second kappa shape index (κ2) is 5.57. The highest BCUT2D eigenvalue weighted by Gasteiger charge is 2.32. The molecule has 1 aliphatic rings. The van der Waals surface area contributed by atoms with Gasteiger partial charge in [-0.05, 0) is 31.0 Å². The number of carbonyl (C=O) groups is 2. The van der Waals surface area contributed by atoms with Crippen molar-refractivity contribution in [1.29, 1.82) is 0 Å². The second-order valence-corrected chi connectivity index (χ2v) is 4.90. The first-order valence-electron chi connectivity index (χ1n) is 6.02. The van der Waals surface area contributed by atoms with Gasteiger partial charge in [-0.25, -0.2) is 4.39 Å². The number of benzene rings is 1. The first-order chi connectivity index (χ1) is 8.99. The van der Waals surface area contributed by atoms with Crippen LogP contribution in [0.15, 0.2) is 18.2 Å². The Bertz CT molecular complexity index is 521. The van der Waals surface area contributed by atoms with Gasteiger partial charge in [-0.2, -0.15) is 0 Å². The van der Waals surface area contributed by atoms with E-state index < -0.39 is 11.9 Å². The van der Waals surface area contributed by atoms with Crippen LogP contribution in [0, 0.1) is 5.82 Å². The minimum Gasteiger partial charge on any atom is -0.331 e. The van der Waals surface area contributed by atoms with Crippen molar-refractivity contribution >= 4 is 29.1 Å². The quantitative estimate of drug-likeness (QED) is 0.907. The molecule has 1 N–H and O–H groups in total. The van der Waals surface area contributed by atoms with Gasteiger partial charge in [0, 0.05) is 19.2 Å². The predicted molar refractivity (Wildman–Crippen MR) is 70.4 cm³/mol. The summed E-state index contributed by atoms with van der Waals surface area (Å²) in [6.45, 7) is 2.04. The van der Waals surface area contributed by atoms with E-state index in [1.165, 1.54) is 25.1 Å². The summed E-state index contributed by atoms with van der Waals surface area (Å²) in [6, 6.07) is 3.52. The van der Waals surface area contributed by atoms with Crippen LogP contribution >= 0.6 is 11.6 Å². The van der Waals surface area contributed by atoms with E-state index in [2.05, 4.69) is 5.32 Å². The Balaban J connectivity index is 2.08. The molecule has 0 aromatic heterocycles. The summed E-state index contributed by atoms with van der Waals surface area (Å²) < 4.78 is 13.0.